The smallest absolute Gasteiger partial charge is 0.240 e. The van der Waals surface area contributed by atoms with Gasteiger partial charge in [-0.25, -0.2) is 0 Å². The number of amides is 2. The third kappa shape index (κ3) is 3.92. The molecule has 126 valence electrons. The Balaban J connectivity index is 1.70. The summed E-state index contributed by atoms with van der Waals surface area (Å²) in [6.07, 6.45) is 2.01. The molecule has 1 aliphatic heterocycles. The van der Waals surface area contributed by atoms with Crippen LogP contribution in [0.15, 0.2) is 42.5 Å². The Morgan fingerprint density at radius 3 is 2.54 bits per heavy atom. The van der Waals surface area contributed by atoms with Crippen molar-refractivity contribution in [3.05, 3.63) is 48.0 Å². The van der Waals surface area contributed by atoms with Crippen LogP contribution in [0, 0.1) is 5.92 Å². The van der Waals surface area contributed by atoms with Crippen LogP contribution in [0.5, 0.6) is 0 Å². The van der Waals surface area contributed by atoms with Crippen molar-refractivity contribution >= 4 is 22.6 Å². The minimum Gasteiger partial charge on any atom is -0.368 e. The number of nitrogens with one attached hydrogen (secondary N) is 2. The molecule has 1 fully saturated rings. The average molecular weight is 325 g/mol. The highest BCUT2D eigenvalue weighted by molar-refractivity contribution is 5.88. The average Bonchev–Trinajstić information content (AvgIpc) is 2.61. The van der Waals surface area contributed by atoms with Gasteiger partial charge < -0.3 is 16.4 Å². The van der Waals surface area contributed by atoms with Crippen LogP contribution in [-0.4, -0.2) is 30.9 Å². The lowest BCUT2D eigenvalue weighted by Gasteiger charge is -2.24. The van der Waals surface area contributed by atoms with Gasteiger partial charge in [0.15, 0.2) is 0 Å². The van der Waals surface area contributed by atoms with Gasteiger partial charge in [-0.3, -0.25) is 9.59 Å². The number of nitrogens with two attached hydrogens (primary N) is 1. The van der Waals surface area contributed by atoms with Crippen LogP contribution in [0.25, 0.3) is 10.8 Å². The molecule has 0 bridgehead atoms. The van der Waals surface area contributed by atoms with E-state index in [0.717, 1.165) is 42.3 Å². The maximum absolute atomic E-state index is 12.4. The summed E-state index contributed by atoms with van der Waals surface area (Å²) in [5.41, 5.74) is 6.50. The molecule has 5 nitrogen and oxygen atoms in total. The molecule has 24 heavy (non-hydrogen) atoms. The molecule has 0 spiro atoms. The molecule has 1 heterocycles. The molecular weight excluding hydrogens is 302 g/mol. The molecule has 3 rings (SSSR count). The van der Waals surface area contributed by atoms with Crippen LogP contribution in [0.1, 0.15) is 18.4 Å². The molecule has 0 aliphatic carbocycles. The number of fused-ring (bicyclic) bond motifs is 1. The fourth-order valence-corrected chi connectivity index (χ4v) is 3.20. The minimum absolute atomic E-state index is 0.0373. The van der Waals surface area contributed by atoms with Gasteiger partial charge in [0.1, 0.15) is 6.04 Å². The Kier molecular flexibility index (Phi) is 5.11. The first-order valence-electron chi connectivity index (χ1n) is 8.41. The summed E-state index contributed by atoms with van der Waals surface area (Å²) in [6, 6.07) is 13.4. The molecule has 5 heteroatoms. The Hall–Kier alpha value is -2.40. The largest absolute Gasteiger partial charge is 0.368 e. The Morgan fingerprint density at radius 1 is 1.12 bits per heavy atom. The van der Waals surface area contributed by atoms with E-state index >= 15 is 0 Å². The molecule has 0 saturated carbocycles. The van der Waals surface area contributed by atoms with Gasteiger partial charge in [-0.1, -0.05) is 42.5 Å². The third-order valence-electron chi connectivity index (χ3n) is 4.62. The summed E-state index contributed by atoms with van der Waals surface area (Å²) in [7, 11) is 0. The maximum Gasteiger partial charge on any atom is 0.240 e. The number of primary amides is 1. The molecule has 1 aliphatic rings. The molecule has 2 amide bonds. The number of carbonyl (C=O) groups is 2. The highest BCUT2D eigenvalue weighted by atomic mass is 16.2. The first-order chi connectivity index (χ1) is 11.6. The predicted octanol–water partition coefficient (Wildman–Crippen LogP) is 1.35. The monoisotopic (exact) mass is 325 g/mol. The fraction of sp³-hybridized carbons (Fsp3) is 0.368. The zero-order valence-corrected chi connectivity index (χ0v) is 13.6. The van der Waals surface area contributed by atoms with E-state index in [1.165, 1.54) is 0 Å². The molecule has 0 unspecified atom stereocenters. The molecule has 1 saturated heterocycles. The second-order valence-electron chi connectivity index (χ2n) is 6.37. The molecule has 0 aromatic heterocycles. The van der Waals surface area contributed by atoms with Gasteiger partial charge in [0.05, 0.1) is 0 Å². The van der Waals surface area contributed by atoms with Crippen LogP contribution < -0.4 is 16.4 Å². The Morgan fingerprint density at radius 2 is 1.83 bits per heavy atom. The van der Waals surface area contributed by atoms with Gasteiger partial charge in [0.25, 0.3) is 0 Å². The van der Waals surface area contributed by atoms with Crippen LogP contribution in [-0.2, 0) is 16.0 Å². The molecule has 0 radical (unpaired) electrons. The van der Waals surface area contributed by atoms with Crippen LogP contribution >= 0.6 is 0 Å². The van der Waals surface area contributed by atoms with Gasteiger partial charge in [-0.15, -0.1) is 0 Å². The van der Waals surface area contributed by atoms with Crippen LogP contribution in [0.3, 0.4) is 0 Å². The van der Waals surface area contributed by atoms with Gasteiger partial charge in [-0.2, -0.15) is 0 Å². The fourth-order valence-electron chi connectivity index (χ4n) is 3.20. The van der Waals surface area contributed by atoms with Crippen LogP contribution in [0.4, 0.5) is 0 Å². The summed E-state index contributed by atoms with van der Waals surface area (Å²) in [5, 5.41) is 8.33. The van der Waals surface area contributed by atoms with Crippen molar-refractivity contribution in [2.45, 2.75) is 25.3 Å². The van der Waals surface area contributed by atoms with E-state index in [0.29, 0.717) is 6.42 Å². The highest BCUT2D eigenvalue weighted by Gasteiger charge is 2.25. The van der Waals surface area contributed by atoms with Crippen molar-refractivity contribution in [2.24, 2.45) is 11.7 Å². The van der Waals surface area contributed by atoms with Gasteiger partial charge in [0, 0.05) is 12.3 Å². The number of benzene rings is 2. The maximum atomic E-state index is 12.4. The van der Waals surface area contributed by atoms with Crippen molar-refractivity contribution in [3.63, 3.8) is 0 Å². The number of piperidine rings is 1. The van der Waals surface area contributed by atoms with E-state index in [1.807, 2.05) is 42.5 Å². The molecule has 1 atom stereocenters. The Bertz CT molecular complexity index is 738. The van der Waals surface area contributed by atoms with Crippen molar-refractivity contribution in [1.82, 2.24) is 10.6 Å². The first kappa shape index (κ1) is 16.5. The predicted molar refractivity (Wildman–Crippen MR) is 94.4 cm³/mol. The number of rotatable bonds is 5. The normalized spacial score (nSPS) is 16.7. The topological polar surface area (TPSA) is 84.2 Å². The van der Waals surface area contributed by atoms with Gasteiger partial charge >= 0.3 is 0 Å². The summed E-state index contributed by atoms with van der Waals surface area (Å²) in [4.78, 5) is 24.1. The second kappa shape index (κ2) is 7.45. The summed E-state index contributed by atoms with van der Waals surface area (Å²) < 4.78 is 0. The summed E-state index contributed by atoms with van der Waals surface area (Å²) in [5.74, 6) is -0.601. The van der Waals surface area contributed by atoms with E-state index in [1.54, 1.807) is 0 Å². The number of hydrogen-bond donors (Lipinski definition) is 3. The van der Waals surface area contributed by atoms with E-state index in [-0.39, 0.29) is 11.8 Å². The molecule has 2 aromatic carbocycles. The van der Waals surface area contributed by atoms with Gasteiger partial charge in [0.2, 0.25) is 11.8 Å². The molecular formula is C19H23N3O2. The summed E-state index contributed by atoms with van der Waals surface area (Å²) >= 11 is 0. The quantitative estimate of drug-likeness (QED) is 0.776. The Labute approximate surface area is 141 Å². The third-order valence-corrected chi connectivity index (χ3v) is 4.62. The van der Waals surface area contributed by atoms with E-state index in [4.69, 9.17) is 5.73 Å². The van der Waals surface area contributed by atoms with E-state index < -0.39 is 11.9 Å². The number of hydrogen-bond acceptors (Lipinski definition) is 3. The zero-order chi connectivity index (χ0) is 16.9. The first-order valence-corrected chi connectivity index (χ1v) is 8.41. The van der Waals surface area contributed by atoms with Crippen LogP contribution in [0.2, 0.25) is 0 Å². The summed E-state index contributed by atoms with van der Waals surface area (Å²) in [6.45, 7) is 1.67. The lowest BCUT2D eigenvalue weighted by Crippen LogP contribution is -2.49. The van der Waals surface area contributed by atoms with E-state index in [2.05, 4.69) is 10.6 Å². The standard InChI is InChI=1S/C19H23N3O2/c20-18(23)17(22-19(24)15-7-9-21-10-8-15)12-13-5-6-14-3-1-2-4-16(14)11-13/h1-6,11,15,17,21H,7-10,12H2,(H2,20,23)(H,22,24)/t17-/m0/s1. The lowest BCUT2D eigenvalue weighted by molar-refractivity contribution is -0.130. The SMILES string of the molecule is NC(=O)[C@H](Cc1ccc2ccccc2c1)NC(=O)C1CCNCC1. The van der Waals surface area contributed by atoms with Crippen molar-refractivity contribution < 1.29 is 9.59 Å². The van der Waals surface area contributed by atoms with Crippen molar-refractivity contribution in [2.75, 3.05) is 13.1 Å². The van der Waals surface area contributed by atoms with Crippen molar-refractivity contribution in [1.29, 1.82) is 0 Å². The second-order valence-corrected chi connectivity index (χ2v) is 6.37. The lowest BCUT2D eigenvalue weighted by atomic mass is 9.96. The molecule has 2 aromatic rings. The molecule has 4 N–H and O–H groups in total. The van der Waals surface area contributed by atoms with Gasteiger partial charge in [-0.05, 0) is 42.3 Å². The number of carbonyl (C=O) groups excluding carboxylic acids is 2. The zero-order valence-electron chi connectivity index (χ0n) is 13.6. The minimum atomic E-state index is -0.673. The van der Waals surface area contributed by atoms with E-state index in [9.17, 15) is 9.59 Å². The van der Waals surface area contributed by atoms with Crippen molar-refractivity contribution in [3.8, 4) is 0 Å². The highest BCUT2D eigenvalue weighted by Crippen LogP contribution is 2.17.